The quantitative estimate of drug-likeness (QED) is 0.255. The van der Waals surface area contributed by atoms with E-state index in [1.165, 1.54) is 16.7 Å². The Morgan fingerprint density at radius 2 is 1.40 bits per heavy atom. The summed E-state index contributed by atoms with van der Waals surface area (Å²) < 4.78 is 24.3. The van der Waals surface area contributed by atoms with Gasteiger partial charge < -0.3 is 9.30 Å². The first-order valence-corrected chi connectivity index (χ1v) is 13.6. The molecule has 3 heterocycles. The molecule has 0 N–H and O–H groups in total. The van der Waals surface area contributed by atoms with Crippen LogP contribution in [0.3, 0.4) is 0 Å². The van der Waals surface area contributed by atoms with E-state index in [9.17, 15) is 0 Å². The van der Waals surface area contributed by atoms with Crippen molar-refractivity contribution in [2.75, 3.05) is 0 Å². The van der Waals surface area contributed by atoms with E-state index in [2.05, 4.69) is 65.4 Å². The lowest BCUT2D eigenvalue weighted by molar-refractivity contribution is -0.741. The van der Waals surface area contributed by atoms with Gasteiger partial charge in [0.05, 0.1) is 11.6 Å². The van der Waals surface area contributed by atoms with Gasteiger partial charge in [0.15, 0.2) is 13.3 Å². The highest BCUT2D eigenvalue weighted by Crippen LogP contribution is 2.59. The van der Waals surface area contributed by atoms with Gasteiger partial charge in [0.2, 0.25) is 0 Å². The Labute approximate surface area is 203 Å². The van der Waals surface area contributed by atoms with Crippen LogP contribution >= 0.6 is 7.14 Å². The second-order valence-electron chi connectivity index (χ2n) is 9.46. The molecule has 3 nitrogen and oxygen atoms in total. The maximum atomic E-state index is 15.5. The summed E-state index contributed by atoms with van der Waals surface area (Å²) in [5.41, 5.74) is 5.24. The Kier molecular flexibility index (Phi) is 3.65. The van der Waals surface area contributed by atoms with E-state index in [0.717, 1.165) is 45.1 Å². The van der Waals surface area contributed by atoms with Crippen molar-refractivity contribution in [3.05, 3.63) is 143 Å². The van der Waals surface area contributed by atoms with Crippen LogP contribution in [-0.2, 0) is 16.5 Å². The number of aromatic nitrogens is 1. The molecule has 3 aliphatic rings. The largest absolute Gasteiger partial charge is 0.404 e. The smallest absolute Gasteiger partial charge is 0.374 e. The molecule has 0 saturated heterocycles. The van der Waals surface area contributed by atoms with Crippen molar-refractivity contribution in [2.24, 2.45) is 0 Å². The first-order valence-electron chi connectivity index (χ1n) is 11.9. The molecule has 0 radical (unpaired) electrons. The maximum absolute atomic E-state index is 15.5. The number of benzene rings is 4. The topological polar surface area (TPSA) is 30.2 Å². The molecule has 4 heteroatoms. The van der Waals surface area contributed by atoms with Crippen molar-refractivity contribution >= 4 is 23.1 Å². The lowest BCUT2D eigenvalue weighted by atomic mass is 9.67. The number of hydrogen-bond donors (Lipinski definition) is 0. The summed E-state index contributed by atoms with van der Waals surface area (Å²) in [5.74, 6) is 1.56. The molecule has 0 fully saturated rings. The van der Waals surface area contributed by atoms with Crippen LogP contribution in [0.5, 0.6) is 11.6 Å². The van der Waals surface area contributed by atoms with Crippen LogP contribution in [0, 0.1) is 0 Å². The van der Waals surface area contributed by atoms with Crippen LogP contribution in [0.1, 0.15) is 27.8 Å². The average Bonchev–Trinajstić information content (AvgIpc) is 2.92. The minimum Gasteiger partial charge on any atom is -0.404 e. The molecule has 35 heavy (non-hydrogen) atoms. The van der Waals surface area contributed by atoms with Crippen LogP contribution in [0.2, 0.25) is 0 Å². The van der Waals surface area contributed by atoms with E-state index >= 15 is 4.57 Å². The molecule has 166 valence electrons. The molecule has 2 aliphatic heterocycles. The molecule has 4 aromatic carbocycles. The fraction of sp³-hybridized carbons (Fsp3) is 0.0645. The summed E-state index contributed by atoms with van der Waals surface area (Å²) >= 11 is 0. The van der Waals surface area contributed by atoms with Gasteiger partial charge >= 0.3 is 5.88 Å². The van der Waals surface area contributed by atoms with Gasteiger partial charge in [-0.2, -0.15) is 0 Å². The van der Waals surface area contributed by atoms with Gasteiger partial charge in [-0.05, 0) is 29.7 Å². The third-order valence-corrected chi connectivity index (χ3v) is 11.0. The van der Waals surface area contributed by atoms with Gasteiger partial charge in [0, 0.05) is 33.1 Å². The molecule has 2 unspecified atom stereocenters. The van der Waals surface area contributed by atoms with Gasteiger partial charge in [-0.1, -0.05) is 84.9 Å². The standard InChI is InChI=1S/C31H21NO2P/c33-35(23-12-2-1-3-13-23)26-16-8-11-22-20-21-10-4-5-14-24(21)31(29(22)26)30-25(15-9-17-27(30)35)34-28-18-6-7-19-32(28)31/h1-19H,20H2/q+1. The monoisotopic (exact) mass is 470 g/mol. The van der Waals surface area contributed by atoms with Gasteiger partial charge in [0.25, 0.3) is 5.54 Å². The third-order valence-electron chi connectivity index (χ3n) is 7.84. The van der Waals surface area contributed by atoms with E-state index in [4.69, 9.17) is 4.74 Å². The number of ether oxygens (including phenoxy) is 1. The van der Waals surface area contributed by atoms with E-state index in [1.807, 2.05) is 54.6 Å². The molecule has 8 rings (SSSR count). The van der Waals surface area contributed by atoms with Crippen molar-refractivity contribution in [3.63, 3.8) is 0 Å². The fourth-order valence-electron chi connectivity index (χ4n) is 6.59. The number of fused-ring (bicyclic) bond motifs is 2. The molecule has 0 bridgehead atoms. The van der Waals surface area contributed by atoms with Gasteiger partial charge in [-0.15, -0.1) is 4.57 Å². The van der Waals surface area contributed by atoms with Crippen molar-refractivity contribution < 1.29 is 13.9 Å². The summed E-state index contributed by atoms with van der Waals surface area (Å²) in [4.78, 5) is 0. The third kappa shape index (κ3) is 2.19. The minimum absolute atomic E-state index is 0.649. The van der Waals surface area contributed by atoms with Crippen molar-refractivity contribution in [2.45, 2.75) is 12.0 Å². The fourth-order valence-corrected chi connectivity index (χ4v) is 9.80. The molecule has 1 aromatic heterocycles. The molecular formula is C31H21NO2P+. The van der Waals surface area contributed by atoms with E-state index in [0.29, 0.717) is 0 Å². The minimum atomic E-state index is -3.16. The Morgan fingerprint density at radius 3 is 2.29 bits per heavy atom. The molecule has 0 amide bonds. The van der Waals surface area contributed by atoms with Crippen molar-refractivity contribution in [3.8, 4) is 11.6 Å². The van der Waals surface area contributed by atoms with Crippen molar-refractivity contribution in [1.82, 2.24) is 0 Å². The molecule has 1 aliphatic carbocycles. The van der Waals surface area contributed by atoms with Crippen LogP contribution in [0.4, 0.5) is 0 Å². The van der Waals surface area contributed by atoms with Crippen LogP contribution < -0.4 is 25.2 Å². The summed E-state index contributed by atoms with van der Waals surface area (Å²) in [7, 11) is -3.16. The zero-order valence-electron chi connectivity index (χ0n) is 18.9. The van der Waals surface area contributed by atoms with Crippen LogP contribution in [0.15, 0.2) is 115 Å². The lowest BCUT2D eigenvalue weighted by Gasteiger charge is -2.46. The van der Waals surface area contributed by atoms with Gasteiger partial charge in [-0.25, -0.2) is 0 Å². The Balaban J connectivity index is 1.65. The maximum Gasteiger partial charge on any atom is 0.374 e. The summed E-state index contributed by atoms with van der Waals surface area (Å²) in [6, 6.07) is 37.2. The predicted molar refractivity (Wildman–Crippen MR) is 137 cm³/mol. The second-order valence-corrected chi connectivity index (χ2v) is 12.2. The summed E-state index contributed by atoms with van der Waals surface area (Å²) in [6.07, 6.45) is 2.92. The predicted octanol–water partition coefficient (Wildman–Crippen LogP) is 4.78. The highest BCUT2D eigenvalue weighted by atomic mass is 31.2. The number of rotatable bonds is 1. The van der Waals surface area contributed by atoms with E-state index < -0.39 is 12.7 Å². The summed E-state index contributed by atoms with van der Waals surface area (Å²) in [5, 5.41) is 2.66. The average molecular weight is 470 g/mol. The highest BCUT2D eigenvalue weighted by Gasteiger charge is 2.63. The molecule has 2 atom stereocenters. The molecular weight excluding hydrogens is 449 g/mol. The van der Waals surface area contributed by atoms with Crippen LogP contribution in [-0.4, -0.2) is 0 Å². The number of hydrogen-bond acceptors (Lipinski definition) is 2. The van der Waals surface area contributed by atoms with Gasteiger partial charge in [-0.3, -0.25) is 0 Å². The van der Waals surface area contributed by atoms with Crippen molar-refractivity contribution in [1.29, 1.82) is 0 Å². The molecule has 0 saturated carbocycles. The van der Waals surface area contributed by atoms with Gasteiger partial charge in [0.1, 0.15) is 5.75 Å². The van der Waals surface area contributed by atoms with E-state index in [1.54, 1.807) is 0 Å². The Bertz CT molecular complexity index is 1630. The first kappa shape index (κ1) is 19.4. The highest BCUT2D eigenvalue weighted by molar-refractivity contribution is 7.85. The zero-order valence-corrected chi connectivity index (χ0v) is 19.8. The Hall–Kier alpha value is -3.94. The normalized spacial score (nSPS) is 22.2. The number of pyridine rings is 1. The zero-order chi connectivity index (χ0) is 23.2. The molecule has 1 spiro atoms. The SMILES string of the molecule is O=P1(c2ccccc2)c2cccc3c2C2(c4ccccc4C3)c3c(cccc31)Oc1cccc[n+]12. The summed E-state index contributed by atoms with van der Waals surface area (Å²) in [6.45, 7) is 0. The lowest BCUT2D eigenvalue weighted by Crippen LogP contribution is -2.67. The second kappa shape index (κ2) is 6.59. The molecule has 5 aromatic rings. The van der Waals surface area contributed by atoms with Crippen LogP contribution in [0.25, 0.3) is 0 Å². The number of nitrogens with zero attached hydrogens (tertiary/aromatic N) is 1. The van der Waals surface area contributed by atoms with E-state index in [-0.39, 0.29) is 0 Å². The first-order chi connectivity index (χ1) is 17.2. The Morgan fingerprint density at radius 1 is 0.686 bits per heavy atom.